The molecule has 0 aliphatic carbocycles. The summed E-state index contributed by atoms with van der Waals surface area (Å²) in [6.07, 6.45) is 1.95. The van der Waals surface area contributed by atoms with Crippen LogP contribution >= 0.6 is 0 Å². The Morgan fingerprint density at radius 2 is 2.11 bits per heavy atom. The predicted molar refractivity (Wildman–Crippen MR) is 70.7 cm³/mol. The molecule has 1 amide bonds. The Kier molecular flexibility index (Phi) is 4.34. The Balaban J connectivity index is 2.94. The van der Waals surface area contributed by atoms with Gasteiger partial charge in [-0.15, -0.1) is 0 Å². The van der Waals surface area contributed by atoms with E-state index in [4.69, 9.17) is 4.74 Å². The van der Waals surface area contributed by atoms with E-state index in [0.717, 1.165) is 5.56 Å². The van der Waals surface area contributed by atoms with Crippen molar-refractivity contribution in [3.05, 3.63) is 17.5 Å². The molecule has 1 unspecified atom stereocenters. The monoisotopic (exact) mass is 267 g/mol. The summed E-state index contributed by atoms with van der Waals surface area (Å²) in [5.74, 6) is 0. The molecule has 1 rings (SSSR count). The van der Waals surface area contributed by atoms with E-state index in [9.17, 15) is 9.59 Å². The molecule has 0 bridgehead atoms. The van der Waals surface area contributed by atoms with Gasteiger partial charge in [-0.25, -0.2) is 4.79 Å². The molecule has 1 atom stereocenters. The van der Waals surface area contributed by atoms with Gasteiger partial charge in [0, 0.05) is 20.3 Å². The summed E-state index contributed by atoms with van der Waals surface area (Å²) in [6, 6.07) is -0.740. The molecule has 0 saturated heterocycles. The number of aromatic nitrogens is 2. The molecule has 1 aromatic rings. The Labute approximate surface area is 113 Å². The zero-order chi connectivity index (χ0) is 14.8. The Morgan fingerprint density at radius 3 is 2.47 bits per heavy atom. The van der Waals surface area contributed by atoms with Crippen LogP contribution in [0.4, 0.5) is 4.79 Å². The average molecular weight is 267 g/mol. The van der Waals surface area contributed by atoms with Crippen LogP contribution in [0.15, 0.2) is 6.20 Å². The summed E-state index contributed by atoms with van der Waals surface area (Å²) in [5, 5.41) is 4.22. The summed E-state index contributed by atoms with van der Waals surface area (Å²) in [4.78, 5) is 24.5. The third-order valence-electron chi connectivity index (χ3n) is 2.56. The highest BCUT2D eigenvalue weighted by atomic mass is 16.6. The van der Waals surface area contributed by atoms with E-state index in [1.165, 1.54) is 11.9 Å². The molecule has 106 valence electrons. The fourth-order valence-corrected chi connectivity index (χ4v) is 1.70. The zero-order valence-electron chi connectivity index (χ0n) is 12.3. The van der Waals surface area contributed by atoms with Gasteiger partial charge in [0.15, 0.2) is 0 Å². The third-order valence-corrected chi connectivity index (χ3v) is 2.56. The molecule has 19 heavy (non-hydrogen) atoms. The van der Waals surface area contributed by atoms with Gasteiger partial charge in [-0.3, -0.25) is 9.58 Å². The molecule has 6 nitrogen and oxygen atoms in total. The van der Waals surface area contributed by atoms with Crippen molar-refractivity contribution in [2.45, 2.75) is 39.3 Å². The minimum absolute atomic E-state index is 0.547. The van der Waals surface area contributed by atoms with Gasteiger partial charge in [0.25, 0.3) is 0 Å². The number of nitrogens with zero attached hydrogens (tertiary/aromatic N) is 3. The molecule has 6 heteroatoms. The lowest BCUT2D eigenvalue weighted by Gasteiger charge is -2.27. The fourth-order valence-electron chi connectivity index (χ4n) is 1.70. The second-order valence-corrected chi connectivity index (χ2v) is 5.54. The minimum Gasteiger partial charge on any atom is -0.444 e. The van der Waals surface area contributed by atoms with Crippen LogP contribution in [0.1, 0.15) is 38.1 Å². The number of likely N-dealkylation sites (N-methyl/N-ethyl adjacent to an activating group) is 1. The number of carbonyl (C=O) groups is 2. The zero-order valence-corrected chi connectivity index (χ0v) is 12.3. The van der Waals surface area contributed by atoms with Crippen molar-refractivity contribution < 1.29 is 14.3 Å². The normalized spacial score (nSPS) is 12.9. The molecule has 0 aliphatic rings. The maximum atomic E-state index is 12.0. The minimum atomic E-state index is -0.740. The lowest BCUT2D eigenvalue weighted by Crippen LogP contribution is -2.37. The highest BCUT2D eigenvalue weighted by Gasteiger charge is 2.28. The van der Waals surface area contributed by atoms with Crippen LogP contribution in [0.3, 0.4) is 0 Å². The third kappa shape index (κ3) is 3.81. The van der Waals surface area contributed by atoms with E-state index in [1.807, 2.05) is 6.92 Å². The molecule has 0 N–H and O–H groups in total. The first-order chi connectivity index (χ1) is 8.65. The molecule has 0 fully saturated rings. The SMILES string of the molecule is Cc1cn(C)nc1C(C=O)N(C)C(=O)OC(C)(C)C. The Morgan fingerprint density at radius 1 is 1.53 bits per heavy atom. The number of hydrogen-bond acceptors (Lipinski definition) is 4. The van der Waals surface area contributed by atoms with Crippen LogP contribution in [0.5, 0.6) is 0 Å². The van der Waals surface area contributed by atoms with Crippen LogP contribution in [-0.4, -0.2) is 39.7 Å². The first-order valence-corrected chi connectivity index (χ1v) is 6.07. The van der Waals surface area contributed by atoms with Crippen molar-refractivity contribution in [1.29, 1.82) is 0 Å². The quantitative estimate of drug-likeness (QED) is 0.784. The molecular weight excluding hydrogens is 246 g/mol. The Bertz CT molecular complexity index is 474. The maximum absolute atomic E-state index is 12.0. The van der Waals surface area contributed by atoms with Crippen molar-refractivity contribution in [2.24, 2.45) is 7.05 Å². The topological polar surface area (TPSA) is 64.4 Å². The molecule has 1 aromatic heterocycles. The van der Waals surface area contributed by atoms with E-state index < -0.39 is 17.7 Å². The van der Waals surface area contributed by atoms with E-state index in [0.29, 0.717) is 12.0 Å². The number of ether oxygens (including phenoxy) is 1. The molecule has 0 aromatic carbocycles. The van der Waals surface area contributed by atoms with Crippen LogP contribution in [-0.2, 0) is 16.6 Å². The molecular formula is C13H21N3O3. The standard InChI is InChI=1S/C13H21N3O3/c1-9-7-15(5)14-11(9)10(8-17)16(6)12(18)19-13(2,3)4/h7-8,10H,1-6H3. The first kappa shape index (κ1) is 15.2. The average Bonchev–Trinajstić information content (AvgIpc) is 2.56. The smallest absolute Gasteiger partial charge is 0.410 e. The summed E-state index contributed by atoms with van der Waals surface area (Å²) < 4.78 is 6.86. The summed E-state index contributed by atoms with van der Waals surface area (Å²) >= 11 is 0. The van der Waals surface area contributed by atoms with Gasteiger partial charge in [-0.2, -0.15) is 5.10 Å². The number of aryl methyl sites for hydroxylation is 2. The van der Waals surface area contributed by atoms with Gasteiger partial charge in [0.1, 0.15) is 17.9 Å². The van der Waals surface area contributed by atoms with Crippen LogP contribution in [0.2, 0.25) is 0 Å². The number of aldehydes is 1. The summed E-state index contributed by atoms with van der Waals surface area (Å²) in [7, 11) is 3.30. The second kappa shape index (κ2) is 5.42. The van der Waals surface area contributed by atoms with Gasteiger partial charge in [0.2, 0.25) is 0 Å². The van der Waals surface area contributed by atoms with Gasteiger partial charge in [-0.05, 0) is 33.3 Å². The van der Waals surface area contributed by atoms with E-state index >= 15 is 0 Å². The number of carbonyl (C=O) groups excluding carboxylic acids is 2. The van der Waals surface area contributed by atoms with Gasteiger partial charge < -0.3 is 9.53 Å². The second-order valence-electron chi connectivity index (χ2n) is 5.54. The van der Waals surface area contributed by atoms with Crippen molar-refractivity contribution in [3.8, 4) is 0 Å². The molecule has 0 radical (unpaired) electrons. The lowest BCUT2D eigenvalue weighted by molar-refractivity contribution is -0.112. The maximum Gasteiger partial charge on any atom is 0.410 e. The van der Waals surface area contributed by atoms with Gasteiger partial charge in [0.05, 0.1) is 5.69 Å². The van der Waals surface area contributed by atoms with E-state index in [2.05, 4.69) is 5.10 Å². The van der Waals surface area contributed by atoms with Crippen molar-refractivity contribution >= 4 is 12.4 Å². The van der Waals surface area contributed by atoms with Crippen LogP contribution in [0, 0.1) is 6.92 Å². The lowest BCUT2D eigenvalue weighted by atomic mass is 10.1. The number of rotatable bonds is 3. The number of hydrogen-bond donors (Lipinski definition) is 0. The van der Waals surface area contributed by atoms with Gasteiger partial charge >= 0.3 is 6.09 Å². The van der Waals surface area contributed by atoms with E-state index in [1.54, 1.807) is 38.7 Å². The number of amides is 1. The summed E-state index contributed by atoms with van der Waals surface area (Å²) in [5.41, 5.74) is 0.818. The predicted octanol–water partition coefficient (Wildman–Crippen LogP) is 1.84. The van der Waals surface area contributed by atoms with Gasteiger partial charge in [-0.1, -0.05) is 0 Å². The van der Waals surface area contributed by atoms with E-state index in [-0.39, 0.29) is 0 Å². The Hall–Kier alpha value is -1.85. The highest BCUT2D eigenvalue weighted by molar-refractivity contribution is 5.74. The molecule has 1 heterocycles. The van der Waals surface area contributed by atoms with Crippen molar-refractivity contribution in [3.63, 3.8) is 0 Å². The summed E-state index contributed by atoms with van der Waals surface area (Å²) in [6.45, 7) is 7.18. The van der Waals surface area contributed by atoms with Crippen molar-refractivity contribution in [1.82, 2.24) is 14.7 Å². The fraction of sp³-hybridized carbons (Fsp3) is 0.615. The molecule has 0 aliphatic heterocycles. The van der Waals surface area contributed by atoms with Crippen molar-refractivity contribution in [2.75, 3.05) is 7.05 Å². The van der Waals surface area contributed by atoms with Crippen LogP contribution < -0.4 is 0 Å². The van der Waals surface area contributed by atoms with Crippen LogP contribution in [0.25, 0.3) is 0 Å². The highest BCUT2D eigenvalue weighted by Crippen LogP contribution is 2.21. The molecule has 0 saturated carbocycles. The first-order valence-electron chi connectivity index (χ1n) is 6.07. The largest absolute Gasteiger partial charge is 0.444 e. The molecule has 0 spiro atoms.